The molecule has 1 aromatic carbocycles. The van der Waals surface area contributed by atoms with E-state index in [1.54, 1.807) is 6.92 Å². The maximum absolute atomic E-state index is 11.4. The van der Waals surface area contributed by atoms with Gasteiger partial charge in [0.25, 0.3) is 0 Å². The van der Waals surface area contributed by atoms with Crippen molar-refractivity contribution < 1.29 is 4.79 Å². The number of benzene rings is 1. The molecule has 3 heteroatoms. The number of amides is 2. The Morgan fingerprint density at radius 3 is 2.20 bits per heavy atom. The number of hydrogen-bond donors (Lipinski definition) is 2. The lowest BCUT2D eigenvalue weighted by atomic mass is 10.1. The molecule has 0 aromatic heterocycles. The second kappa shape index (κ2) is 4.64. The van der Waals surface area contributed by atoms with Crippen molar-refractivity contribution in [1.29, 1.82) is 0 Å². The number of nitrogens with one attached hydrogen (secondary N) is 2. The monoisotopic (exact) mass is 204 g/mol. The lowest BCUT2D eigenvalue weighted by Crippen LogP contribution is -2.26. The molecule has 0 heterocycles. The van der Waals surface area contributed by atoms with Gasteiger partial charge in [-0.15, -0.1) is 0 Å². The van der Waals surface area contributed by atoms with Crippen molar-refractivity contribution in [1.82, 2.24) is 5.32 Å². The quantitative estimate of drug-likeness (QED) is 0.764. The van der Waals surface area contributed by atoms with Gasteiger partial charge in [-0.25, -0.2) is 4.79 Å². The molecule has 0 aliphatic carbocycles. The van der Waals surface area contributed by atoms with E-state index in [4.69, 9.17) is 0 Å². The van der Waals surface area contributed by atoms with Crippen LogP contribution in [0.2, 0.25) is 0 Å². The number of aryl methyl sites for hydroxylation is 2. The molecule has 0 radical (unpaired) electrons. The zero-order valence-corrected chi connectivity index (χ0v) is 9.35. The van der Waals surface area contributed by atoms with E-state index in [1.807, 2.05) is 26.0 Å². The molecule has 0 fully saturated rings. The number of hydrogen-bond acceptors (Lipinski definition) is 1. The van der Waals surface area contributed by atoms with Gasteiger partial charge in [0.1, 0.15) is 0 Å². The average molecular weight is 204 g/mol. The van der Waals surface area contributed by atoms with Crippen LogP contribution in [-0.2, 0) is 0 Å². The van der Waals surface area contributed by atoms with Crippen LogP contribution >= 0.6 is 0 Å². The molecule has 2 amide bonds. The Morgan fingerprint density at radius 2 is 1.73 bits per heavy atom. The van der Waals surface area contributed by atoms with Gasteiger partial charge in [-0.3, -0.25) is 0 Å². The first-order valence-corrected chi connectivity index (χ1v) is 4.79. The largest absolute Gasteiger partial charge is 0.323 e. The molecule has 2 N–H and O–H groups in total. The minimum atomic E-state index is -0.257. The van der Waals surface area contributed by atoms with Crippen molar-refractivity contribution >= 4 is 11.7 Å². The predicted octanol–water partition coefficient (Wildman–Crippen LogP) is 2.96. The van der Waals surface area contributed by atoms with Crippen molar-refractivity contribution in [3.63, 3.8) is 0 Å². The van der Waals surface area contributed by atoms with Crippen LogP contribution in [0.15, 0.2) is 30.5 Å². The summed E-state index contributed by atoms with van der Waals surface area (Å²) in [6, 6.07) is 5.64. The van der Waals surface area contributed by atoms with Crippen molar-refractivity contribution in [2.45, 2.75) is 20.8 Å². The van der Waals surface area contributed by atoms with E-state index < -0.39 is 0 Å². The molecule has 0 aliphatic rings. The summed E-state index contributed by atoms with van der Waals surface area (Å²) in [7, 11) is 0. The van der Waals surface area contributed by atoms with E-state index in [2.05, 4.69) is 23.3 Å². The Labute approximate surface area is 90.2 Å². The first kappa shape index (κ1) is 11.3. The summed E-state index contributed by atoms with van der Waals surface area (Å²) < 4.78 is 0. The highest BCUT2D eigenvalue weighted by Gasteiger charge is 2.01. The van der Waals surface area contributed by atoms with Crippen molar-refractivity contribution in [3.8, 4) is 0 Å². The summed E-state index contributed by atoms with van der Waals surface area (Å²) in [5.41, 5.74) is 3.67. The fourth-order valence-electron chi connectivity index (χ4n) is 1.40. The third-order valence-corrected chi connectivity index (χ3v) is 1.81. The summed E-state index contributed by atoms with van der Waals surface area (Å²) in [5.74, 6) is 0. The molecule has 0 saturated heterocycles. The highest BCUT2D eigenvalue weighted by Crippen LogP contribution is 2.13. The fourth-order valence-corrected chi connectivity index (χ4v) is 1.40. The normalized spacial score (nSPS) is 9.53. The fraction of sp³-hybridized carbons (Fsp3) is 0.250. The van der Waals surface area contributed by atoms with Gasteiger partial charge in [0, 0.05) is 11.4 Å². The molecule has 15 heavy (non-hydrogen) atoms. The van der Waals surface area contributed by atoms with E-state index in [1.165, 1.54) is 0 Å². The summed E-state index contributed by atoms with van der Waals surface area (Å²) >= 11 is 0. The molecule has 1 aromatic rings. The third kappa shape index (κ3) is 3.85. The van der Waals surface area contributed by atoms with Gasteiger partial charge >= 0.3 is 6.03 Å². The van der Waals surface area contributed by atoms with Crippen molar-refractivity contribution in [2.75, 3.05) is 5.32 Å². The minimum Gasteiger partial charge on any atom is -0.312 e. The van der Waals surface area contributed by atoms with Crippen LogP contribution in [0.3, 0.4) is 0 Å². The zero-order chi connectivity index (χ0) is 11.4. The lowest BCUT2D eigenvalue weighted by Gasteiger charge is -2.08. The predicted molar refractivity (Wildman–Crippen MR) is 62.9 cm³/mol. The maximum Gasteiger partial charge on any atom is 0.323 e. The number of carbonyl (C=O) groups is 1. The maximum atomic E-state index is 11.4. The first-order chi connectivity index (χ1) is 6.97. The molecule has 1 rings (SSSR count). The number of carbonyl (C=O) groups excluding carboxylic acids is 1. The van der Waals surface area contributed by atoms with Crippen LogP contribution in [0.1, 0.15) is 18.1 Å². The van der Waals surface area contributed by atoms with Gasteiger partial charge in [-0.1, -0.05) is 12.6 Å². The van der Waals surface area contributed by atoms with Crippen molar-refractivity contribution in [3.05, 3.63) is 41.6 Å². The minimum absolute atomic E-state index is 0.257. The zero-order valence-electron chi connectivity index (χ0n) is 9.35. The molecule has 0 saturated carbocycles. The molecule has 0 aliphatic heterocycles. The molecule has 3 nitrogen and oxygen atoms in total. The van der Waals surface area contributed by atoms with Gasteiger partial charge in [-0.2, -0.15) is 0 Å². The van der Waals surface area contributed by atoms with Crippen molar-refractivity contribution in [2.24, 2.45) is 0 Å². The van der Waals surface area contributed by atoms with Crippen LogP contribution in [-0.4, -0.2) is 6.03 Å². The molecule has 0 atom stereocenters. The van der Waals surface area contributed by atoms with Gasteiger partial charge in [0.2, 0.25) is 0 Å². The van der Waals surface area contributed by atoms with Crippen LogP contribution in [0.25, 0.3) is 0 Å². The average Bonchev–Trinajstić information content (AvgIpc) is 1.98. The Morgan fingerprint density at radius 1 is 1.20 bits per heavy atom. The van der Waals surface area contributed by atoms with Crippen LogP contribution in [0, 0.1) is 13.8 Å². The van der Waals surface area contributed by atoms with Gasteiger partial charge in [-0.05, 0) is 44.0 Å². The molecule has 80 valence electrons. The highest BCUT2D eigenvalue weighted by atomic mass is 16.2. The molecule has 0 unspecified atom stereocenters. The number of urea groups is 1. The van der Waals surface area contributed by atoms with E-state index >= 15 is 0 Å². The van der Waals surface area contributed by atoms with Crippen LogP contribution in [0.5, 0.6) is 0 Å². The Bertz CT molecular complexity index is 376. The molecule has 0 bridgehead atoms. The highest BCUT2D eigenvalue weighted by molar-refractivity contribution is 5.90. The first-order valence-electron chi connectivity index (χ1n) is 4.79. The number of allylic oxidation sites excluding steroid dienone is 1. The Kier molecular flexibility index (Phi) is 3.50. The summed E-state index contributed by atoms with van der Waals surface area (Å²) in [4.78, 5) is 11.4. The van der Waals surface area contributed by atoms with Gasteiger partial charge in [0.05, 0.1) is 0 Å². The second-order valence-electron chi connectivity index (χ2n) is 3.74. The molecular weight excluding hydrogens is 188 g/mol. The Hall–Kier alpha value is -1.77. The van der Waals surface area contributed by atoms with Gasteiger partial charge < -0.3 is 10.6 Å². The second-order valence-corrected chi connectivity index (χ2v) is 3.74. The van der Waals surface area contributed by atoms with Crippen LogP contribution in [0.4, 0.5) is 10.5 Å². The van der Waals surface area contributed by atoms with E-state index in [-0.39, 0.29) is 6.03 Å². The third-order valence-electron chi connectivity index (χ3n) is 1.81. The molecular formula is C12H16N2O. The van der Waals surface area contributed by atoms with Crippen LogP contribution < -0.4 is 10.6 Å². The van der Waals surface area contributed by atoms with E-state index in [0.717, 1.165) is 16.8 Å². The number of rotatable bonds is 2. The summed E-state index contributed by atoms with van der Waals surface area (Å²) in [6.07, 6.45) is 0. The van der Waals surface area contributed by atoms with E-state index in [0.29, 0.717) is 5.70 Å². The summed E-state index contributed by atoms with van der Waals surface area (Å²) in [5, 5.41) is 5.33. The van der Waals surface area contributed by atoms with E-state index in [9.17, 15) is 4.79 Å². The van der Waals surface area contributed by atoms with Gasteiger partial charge in [0.15, 0.2) is 0 Å². The lowest BCUT2D eigenvalue weighted by molar-refractivity contribution is 0.254. The standard InChI is InChI=1S/C12H16N2O/c1-8(2)13-12(15)14-11-6-9(3)5-10(4)7-11/h5-7H,1H2,2-4H3,(H2,13,14,15). The Balaban J connectivity index is 2.72. The summed E-state index contributed by atoms with van der Waals surface area (Å²) in [6.45, 7) is 9.33. The molecule has 0 spiro atoms. The smallest absolute Gasteiger partial charge is 0.312 e. The SMILES string of the molecule is C=C(C)NC(=O)Nc1cc(C)cc(C)c1. The number of anilines is 1. The topological polar surface area (TPSA) is 41.1 Å².